The molecule has 4 aromatic heterocycles. The summed E-state index contributed by atoms with van der Waals surface area (Å²) >= 11 is 0. The lowest BCUT2D eigenvalue weighted by Gasteiger charge is -2.12. The molecule has 0 atom stereocenters. The van der Waals surface area contributed by atoms with Crippen LogP contribution in [0.3, 0.4) is 0 Å². The van der Waals surface area contributed by atoms with Crippen LogP contribution >= 0.6 is 0 Å². The van der Waals surface area contributed by atoms with Crippen molar-refractivity contribution in [3.8, 4) is 56.7 Å². The maximum Gasteiger partial charge on any atom is 0.164 e. The highest BCUT2D eigenvalue weighted by atomic mass is 16.3. The third kappa shape index (κ3) is 4.80. The van der Waals surface area contributed by atoms with E-state index >= 15 is 0 Å². The van der Waals surface area contributed by atoms with Gasteiger partial charge in [0.1, 0.15) is 5.58 Å². The molecule has 0 fully saturated rings. The quantitative estimate of drug-likeness (QED) is 0.195. The molecular formula is C41H25N5O. The Bertz CT molecular complexity index is 2520. The molecule has 0 saturated heterocycles. The summed E-state index contributed by atoms with van der Waals surface area (Å²) in [5.41, 5.74) is 8.03. The normalized spacial score (nSPS) is 11.4. The number of pyridine rings is 2. The zero-order valence-corrected chi connectivity index (χ0v) is 25.1. The van der Waals surface area contributed by atoms with E-state index in [9.17, 15) is 0 Å². The zero-order valence-electron chi connectivity index (χ0n) is 25.1. The van der Waals surface area contributed by atoms with Crippen molar-refractivity contribution in [2.45, 2.75) is 0 Å². The Labute approximate surface area is 270 Å². The summed E-state index contributed by atoms with van der Waals surface area (Å²) < 4.78 is 6.02. The van der Waals surface area contributed by atoms with Crippen LogP contribution in [0.5, 0.6) is 0 Å². The summed E-state index contributed by atoms with van der Waals surface area (Å²) in [6.07, 6.45) is 3.73. The van der Waals surface area contributed by atoms with E-state index in [1.54, 1.807) is 6.20 Å². The minimum atomic E-state index is 0.610. The average Bonchev–Trinajstić information content (AvgIpc) is 3.53. The van der Waals surface area contributed by atoms with Crippen LogP contribution in [0.15, 0.2) is 156 Å². The van der Waals surface area contributed by atoms with Crippen molar-refractivity contribution in [3.05, 3.63) is 152 Å². The molecule has 0 bridgehead atoms. The van der Waals surface area contributed by atoms with Crippen molar-refractivity contribution in [1.29, 1.82) is 0 Å². The highest BCUT2D eigenvalue weighted by molar-refractivity contribution is 6.07. The summed E-state index contributed by atoms with van der Waals surface area (Å²) in [7, 11) is 0. The van der Waals surface area contributed by atoms with Gasteiger partial charge in [-0.25, -0.2) is 15.0 Å². The first-order chi connectivity index (χ1) is 23.3. The zero-order chi connectivity index (χ0) is 31.2. The number of hydrogen-bond acceptors (Lipinski definition) is 6. The van der Waals surface area contributed by atoms with Crippen LogP contribution in [0, 0.1) is 0 Å². The van der Waals surface area contributed by atoms with Gasteiger partial charge in [-0.2, -0.15) is 0 Å². The first-order valence-corrected chi connectivity index (χ1v) is 15.4. The van der Waals surface area contributed by atoms with Crippen LogP contribution in [-0.4, -0.2) is 24.9 Å². The molecule has 0 amide bonds. The lowest BCUT2D eigenvalue weighted by atomic mass is 9.96. The minimum absolute atomic E-state index is 0.610. The SMILES string of the molecule is c1ccc(-c2nc(-c3ccccc3)nc(-c3cccc(-c4cnc(-c5cc6c(cn5)oc5ccccc56)c5ccccc45)c3)n2)cc1. The lowest BCUT2D eigenvalue weighted by molar-refractivity contribution is 0.667. The molecule has 5 aromatic carbocycles. The van der Waals surface area contributed by atoms with Gasteiger partial charge in [0.05, 0.1) is 17.6 Å². The number of hydrogen-bond donors (Lipinski definition) is 0. The highest BCUT2D eigenvalue weighted by Gasteiger charge is 2.16. The molecule has 0 unspecified atom stereocenters. The molecule has 0 spiro atoms. The molecule has 0 saturated carbocycles. The highest BCUT2D eigenvalue weighted by Crippen LogP contribution is 2.37. The number of fused-ring (bicyclic) bond motifs is 4. The number of furan rings is 1. The molecule has 0 aliphatic carbocycles. The number of benzene rings is 5. The third-order valence-corrected chi connectivity index (χ3v) is 8.43. The van der Waals surface area contributed by atoms with Crippen LogP contribution in [0.1, 0.15) is 0 Å². The second kappa shape index (κ2) is 11.1. The largest absolute Gasteiger partial charge is 0.454 e. The fraction of sp³-hybridized carbons (Fsp3) is 0. The van der Waals surface area contributed by atoms with Crippen molar-refractivity contribution in [2.75, 3.05) is 0 Å². The van der Waals surface area contributed by atoms with Crippen LogP contribution in [0.25, 0.3) is 89.4 Å². The fourth-order valence-electron chi connectivity index (χ4n) is 6.15. The van der Waals surface area contributed by atoms with Crippen molar-refractivity contribution in [1.82, 2.24) is 24.9 Å². The predicted molar refractivity (Wildman–Crippen MR) is 187 cm³/mol. The van der Waals surface area contributed by atoms with Crippen molar-refractivity contribution in [2.24, 2.45) is 0 Å². The van der Waals surface area contributed by atoms with E-state index in [4.69, 9.17) is 29.3 Å². The molecular weight excluding hydrogens is 578 g/mol. The smallest absolute Gasteiger partial charge is 0.164 e. The van der Waals surface area contributed by atoms with E-state index in [1.165, 1.54) is 0 Å². The monoisotopic (exact) mass is 603 g/mol. The maximum absolute atomic E-state index is 6.02. The first-order valence-electron chi connectivity index (χ1n) is 15.4. The summed E-state index contributed by atoms with van der Waals surface area (Å²) in [4.78, 5) is 24.5. The van der Waals surface area contributed by atoms with Gasteiger partial charge in [0.25, 0.3) is 0 Å². The Morgan fingerprint density at radius 2 is 0.957 bits per heavy atom. The number of aromatic nitrogens is 5. The lowest BCUT2D eigenvalue weighted by Crippen LogP contribution is -2.00. The van der Waals surface area contributed by atoms with Crippen LogP contribution < -0.4 is 0 Å². The molecule has 0 radical (unpaired) electrons. The van der Waals surface area contributed by atoms with Crippen LogP contribution in [0.4, 0.5) is 0 Å². The van der Waals surface area contributed by atoms with E-state index in [1.807, 2.05) is 103 Å². The van der Waals surface area contributed by atoms with Crippen LogP contribution in [-0.2, 0) is 0 Å². The summed E-state index contributed by atoms with van der Waals surface area (Å²) in [6, 6.07) is 46.8. The second-order valence-electron chi connectivity index (χ2n) is 11.3. The summed E-state index contributed by atoms with van der Waals surface area (Å²) in [5.74, 6) is 1.87. The van der Waals surface area contributed by atoms with E-state index in [-0.39, 0.29) is 0 Å². The Kier molecular flexibility index (Phi) is 6.35. The van der Waals surface area contributed by atoms with Crippen LogP contribution in [0.2, 0.25) is 0 Å². The Morgan fingerprint density at radius 1 is 0.383 bits per heavy atom. The fourth-order valence-corrected chi connectivity index (χ4v) is 6.15. The molecule has 9 aromatic rings. The standard InChI is InChI=1S/C41H25N5O/c1-3-12-26(13-4-1)39-44-40(27-14-5-2-6-15-27)46-41(45-39)29-17-11-16-28(22-29)34-24-43-38(32-20-8-7-18-30(32)34)35-23-33-31-19-9-10-21-36(31)47-37(33)25-42-35/h1-25H. The van der Waals surface area contributed by atoms with Gasteiger partial charge >= 0.3 is 0 Å². The van der Waals surface area contributed by atoms with Gasteiger partial charge in [0, 0.05) is 44.6 Å². The molecule has 47 heavy (non-hydrogen) atoms. The Hall–Kier alpha value is -6.53. The third-order valence-electron chi connectivity index (χ3n) is 8.43. The Morgan fingerprint density at radius 3 is 1.68 bits per heavy atom. The summed E-state index contributed by atoms with van der Waals surface area (Å²) in [5, 5.41) is 4.19. The molecule has 0 aliphatic rings. The van der Waals surface area contributed by atoms with Gasteiger partial charge in [0.15, 0.2) is 23.1 Å². The Balaban J connectivity index is 1.17. The van der Waals surface area contributed by atoms with Crippen molar-refractivity contribution < 1.29 is 4.42 Å². The number of nitrogens with zero attached hydrogens (tertiary/aromatic N) is 5. The van der Waals surface area contributed by atoms with Gasteiger partial charge in [-0.15, -0.1) is 0 Å². The molecule has 6 nitrogen and oxygen atoms in total. The molecule has 9 rings (SSSR count). The van der Waals surface area contributed by atoms with Gasteiger partial charge in [-0.3, -0.25) is 9.97 Å². The molecule has 220 valence electrons. The molecule has 0 aliphatic heterocycles. The van der Waals surface area contributed by atoms with Gasteiger partial charge in [-0.1, -0.05) is 121 Å². The number of para-hydroxylation sites is 1. The summed E-state index contributed by atoms with van der Waals surface area (Å²) in [6.45, 7) is 0. The van der Waals surface area contributed by atoms with E-state index in [0.29, 0.717) is 17.5 Å². The molecule has 6 heteroatoms. The van der Waals surface area contributed by atoms with Gasteiger partial charge in [0.2, 0.25) is 0 Å². The molecule has 4 heterocycles. The van der Waals surface area contributed by atoms with E-state index in [0.717, 1.165) is 71.9 Å². The average molecular weight is 604 g/mol. The van der Waals surface area contributed by atoms with Crippen molar-refractivity contribution in [3.63, 3.8) is 0 Å². The van der Waals surface area contributed by atoms with E-state index in [2.05, 4.69) is 42.5 Å². The molecule has 0 N–H and O–H groups in total. The first kappa shape index (κ1) is 26.8. The van der Waals surface area contributed by atoms with Crippen molar-refractivity contribution >= 4 is 32.7 Å². The second-order valence-corrected chi connectivity index (χ2v) is 11.3. The maximum atomic E-state index is 6.02. The minimum Gasteiger partial charge on any atom is -0.454 e. The topological polar surface area (TPSA) is 77.6 Å². The van der Waals surface area contributed by atoms with Gasteiger partial charge in [-0.05, 0) is 29.1 Å². The number of rotatable bonds is 5. The van der Waals surface area contributed by atoms with Gasteiger partial charge < -0.3 is 4.42 Å². The predicted octanol–water partition coefficient (Wildman–Crippen LogP) is 10.0. The van der Waals surface area contributed by atoms with E-state index < -0.39 is 0 Å².